The zero-order valence-corrected chi connectivity index (χ0v) is 12.2. The molecule has 3 aliphatic carbocycles. The minimum absolute atomic E-state index is 0.00508. The zero-order valence-electron chi connectivity index (χ0n) is 12.2. The Morgan fingerprint density at radius 1 is 1.15 bits per heavy atom. The summed E-state index contributed by atoms with van der Waals surface area (Å²) < 4.78 is 0. The third-order valence-electron chi connectivity index (χ3n) is 6.15. The lowest BCUT2D eigenvalue weighted by molar-refractivity contribution is -0.127. The molecule has 3 aliphatic rings. The summed E-state index contributed by atoms with van der Waals surface area (Å²) in [5.74, 6) is 1.10. The summed E-state index contributed by atoms with van der Waals surface area (Å²) in [5.41, 5.74) is 6.24. The topological polar surface area (TPSA) is 17.1 Å². The molecule has 0 saturated heterocycles. The summed E-state index contributed by atoms with van der Waals surface area (Å²) in [5, 5.41) is 0. The first-order chi connectivity index (χ1) is 9.76. The van der Waals surface area contributed by atoms with Gasteiger partial charge in [-0.05, 0) is 61.1 Å². The molecule has 0 heterocycles. The van der Waals surface area contributed by atoms with E-state index in [0.717, 1.165) is 32.1 Å². The van der Waals surface area contributed by atoms with Crippen LogP contribution in [0, 0.1) is 11.3 Å². The molecule has 1 heteroatoms. The zero-order chi connectivity index (χ0) is 13.7. The fraction of sp³-hybridized carbons (Fsp3) is 0.526. The van der Waals surface area contributed by atoms with Gasteiger partial charge in [0.1, 0.15) is 5.78 Å². The van der Waals surface area contributed by atoms with Gasteiger partial charge in [0.2, 0.25) is 0 Å². The van der Waals surface area contributed by atoms with Crippen LogP contribution in [-0.4, -0.2) is 5.78 Å². The minimum atomic E-state index is 0.00508. The Morgan fingerprint density at radius 3 is 2.85 bits per heavy atom. The lowest BCUT2D eigenvalue weighted by Crippen LogP contribution is -2.36. The van der Waals surface area contributed by atoms with Crippen molar-refractivity contribution in [1.82, 2.24) is 0 Å². The maximum Gasteiger partial charge on any atom is 0.139 e. The molecule has 0 radical (unpaired) electrons. The Labute approximate surface area is 121 Å². The predicted molar refractivity (Wildman–Crippen MR) is 81.4 cm³/mol. The highest BCUT2D eigenvalue weighted by molar-refractivity contribution is 5.90. The van der Waals surface area contributed by atoms with Crippen molar-refractivity contribution in [3.63, 3.8) is 0 Å². The Balaban J connectivity index is 1.85. The van der Waals surface area contributed by atoms with Gasteiger partial charge in [-0.3, -0.25) is 4.79 Å². The highest BCUT2D eigenvalue weighted by Gasteiger charge is 2.52. The second kappa shape index (κ2) is 4.31. The lowest BCUT2D eigenvalue weighted by Gasteiger charge is -2.42. The molecule has 1 fully saturated rings. The number of hydrogen-bond acceptors (Lipinski definition) is 1. The van der Waals surface area contributed by atoms with E-state index in [1.165, 1.54) is 24.0 Å². The van der Waals surface area contributed by atoms with Crippen molar-refractivity contribution in [1.29, 1.82) is 0 Å². The SMILES string of the molecule is CC[C@]12CCC3=C(CCc4ccccc43)[C@@H]1CCC2=O. The number of carbonyl (C=O) groups excluding carboxylic acids is 1. The van der Waals surface area contributed by atoms with Gasteiger partial charge in [-0.25, -0.2) is 0 Å². The molecule has 1 nitrogen and oxygen atoms in total. The third kappa shape index (κ3) is 1.47. The van der Waals surface area contributed by atoms with Crippen molar-refractivity contribution in [2.45, 2.75) is 51.9 Å². The molecule has 1 aromatic carbocycles. The summed E-state index contributed by atoms with van der Waals surface area (Å²) >= 11 is 0. The molecule has 2 atom stereocenters. The van der Waals surface area contributed by atoms with Crippen LogP contribution in [0.25, 0.3) is 5.57 Å². The molecule has 0 aromatic heterocycles. The van der Waals surface area contributed by atoms with Gasteiger partial charge in [-0.15, -0.1) is 0 Å². The molecule has 0 N–H and O–H groups in total. The molecule has 20 heavy (non-hydrogen) atoms. The van der Waals surface area contributed by atoms with Crippen molar-refractivity contribution in [2.24, 2.45) is 11.3 Å². The molecule has 0 bridgehead atoms. The number of hydrogen-bond donors (Lipinski definition) is 0. The van der Waals surface area contributed by atoms with E-state index in [1.54, 1.807) is 11.1 Å². The van der Waals surface area contributed by atoms with Crippen molar-refractivity contribution < 1.29 is 4.79 Å². The molecule has 1 aromatic rings. The highest BCUT2D eigenvalue weighted by atomic mass is 16.1. The summed E-state index contributed by atoms with van der Waals surface area (Å²) in [4.78, 5) is 12.5. The van der Waals surface area contributed by atoms with E-state index in [1.807, 2.05) is 0 Å². The monoisotopic (exact) mass is 266 g/mol. The first-order valence-electron chi connectivity index (χ1n) is 8.10. The molecule has 0 spiro atoms. The minimum Gasteiger partial charge on any atom is -0.299 e. The van der Waals surface area contributed by atoms with E-state index in [-0.39, 0.29) is 5.41 Å². The van der Waals surface area contributed by atoms with Crippen LogP contribution in [0.3, 0.4) is 0 Å². The molecule has 0 amide bonds. The van der Waals surface area contributed by atoms with E-state index in [2.05, 4.69) is 31.2 Å². The maximum absolute atomic E-state index is 12.5. The van der Waals surface area contributed by atoms with Gasteiger partial charge >= 0.3 is 0 Å². The molecular weight excluding hydrogens is 244 g/mol. The summed E-state index contributed by atoms with van der Waals surface area (Å²) in [6.45, 7) is 2.22. The second-order valence-corrected chi connectivity index (χ2v) is 6.69. The maximum atomic E-state index is 12.5. The van der Waals surface area contributed by atoms with Crippen LogP contribution in [0.1, 0.15) is 56.6 Å². The van der Waals surface area contributed by atoms with Crippen LogP contribution in [0.5, 0.6) is 0 Å². The average Bonchev–Trinajstić information content (AvgIpc) is 2.85. The molecule has 104 valence electrons. The number of Topliss-reactive ketones (excluding diaryl/α,β-unsaturated/α-hetero) is 1. The number of aryl methyl sites for hydroxylation is 1. The van der Waals surface area contributed by atoms with Crippen molar-refractivity contribution in [3.8, 4) is 0 Å². The van der Waals surface area contributed by atoms with Gasteiger partial charge in [0.15, 0.2) is 0 Å². The van der Waals surface area contributed by atoms with Crippen molar-refractivity contribution in [3.05, 3.63) is 41.0 Å². The summed E-state index contributed by atoms with van der Waals surface area (Å²) in [7, 11) is 0. The van der Waals surface area contributed by atoms with Crippen LogP contribution in [0.15, 0.2) is 29.8 Å². The highest BCUT2D eigenvalue weighted by Crippen LogP contribution is 2.57. The number of carbonyl (C=O) groups is 1. The van der Waals surface area contributed by atoms with E-state index in [4.69, 9.17) is 0 Å². The second-order valence-electron chi connectivity index (χ2n) is 6.69. The van der Waals surface area contributed by atoms with Crippen LogP contribution >= 0.6 is 0 Å². The van der Waals surface area contributed by atoms with Gasteiger partial charge < -0.3 is 0 Å². The fourth-order valence-electron chi connectivity index (χ4n) is 5.09. The number of rotatable bonds is 1. The van der Waals surface area contributed by atoms with Crippen LogP contribution in [-0.2, 0) is 11.2 Å². The Hall–Kier alpha value is -1.37. The first-order valence-corrected chi connectivity index (χ1v) is 8.10. The van der Waals surface area contributed by atoms with Crippen LogP contribution in [0.4, 0.5) is 0 Å². The van der Waals surface area contributed by atoms with E-state index >= 15 is 0 Å². The molecule has 1 saturated carbocycles. The van der Waals surface area contributed by atoms with Gasteiger partial charge in [-0.1, -0.05) is 36.8 Å². The van der Waals surface area contributed by atoms with Crippen molar-refractivity contribution in [2.75, 3.05) is 0 Å². The Morgan fingerprint density at radius 2 is 2.00 bits per heavy atom. The first kappa shape index (κ1) is 12.4. The standard InChI is InChI=1S/C19H22O/c1-2-19-12-11-15-14-6-4-3-5-13(14)7-8-16(15)17(19)9-10-18(19)20/h3-6,17H,2,7-12H2,1H3/t17-,19-/m0/s1. The number of fused-ring (bicyclic) bond motifs is 4. The summed E-state index contributed by atoms with van der Waals surface area (Å²) in [6.07, 6.45) is 7.51. The largest absolute Gasteiger partial charge is 0.299 e. The van der Waals surface area contributed by atoms with Gasteiger partial charge in [0.25, 0.3) is 0 Å². The predicted octanol–water partition coefficient (Wildman–Crippen LogP) is 4.56. The molecule has 4 rings (SSSR count). The van der Waals surface area contributed by atoms with E-state index in [9.17, 15) is 4.79 Å². The number of allylic oxidation sites excluding steroid dienone is 2. The Bertz CT molecular complexity index is 610. The van der Waals surface area contributed by atoms with Crippen molar-refractivity contribution >= 4 is 11.4 Å². The molecule has 0 unspecified atom stereocenters. The normalized spacial score (nSPS) is 31.9. The van der Waals surface area contributed by atoms with Gasteiger partial charge in [-0.2, -0.15) is 0 Å². The summed E-state index contributed by atoms with van der Waals surface area (Å²) in [6, 6.07) is 8.89. The third-order valence-corrected chi connectivity index (χ3v) is 6.15. The van der Waals surface area contributed by atoms with E-state index < -0.39 is 0 Å². The fourth-order valence-corrected chi connectivity index (χ4v) is 5.09. The quantitative estimate of drug-likeness (QED) is 0.728. The number of ketones is 1. The average molecular weight is 266 g/mol. The van der Waals surface area contributed by atoms with Gasteiger partial charge in [0, 0.05) is 11.8 Å². The smallest absolute Gasteiger partial charge is 0.139 e. The van der Waals surface area contributed by atoms with Crippen LogP contribution in [0.2, 0.25) is 0 Å². The molecule has 0 aliphatic heterocycles. The van der Waals surface area contributed by atoms with Crippen LogP contribution < -0.4 is 0 Å². The van der Waals surface area contributed by atoms with E-state index in [0.29, 0.717) is 11.7 Å². The number of benzene rings is 1. The molecular formula is C19H22O. The van der Waals surface area contributed by atoms with Gasteiger partial charge in [0.05, 0.1) is 0 Å². The Kier molecular flexibility index (Phi) is 2.67. The lowest BCUT2D eigenvalue weighted by atomic mass is 9.61.